The van der Waals surface area contributed by atoms with Crippen LogP contribution in [0.15, 0.2) is 29.3 Å². The first-order valence-electron chi connectivity index (χ1n) is 4.87. The summed E-state index contributed by atoms with van der Waals surface area (Å²) in [5.41, 5.74) is 7.94. The summed E-state index contributed by atoms with van der Waals surface area (Å²) in [6.45, 7) is 0.619. The zero-order chi connectivity index (χ0) is 11.3. The van der Waals surface area contributed by atoms with E-state index in [1.807, 2.05) is 45.4 Å². The second-order valence-electron chi connectivity index (χ2n) is 3.52. The largest absolute Gasteiger partial charge is 0.388 e. The molecule has 0 fully saturated rings. The van der Waals surface area contributed by atoms with Crippen LogP contribution in [0.3, 0.4) is 0 Å². The summed E-state index contributed by atoms with van der Waals surface area (Å²) < 4.78 is 0. The molecule has 1 aromatic carbocycles. The molecule has 4 heteroatoms. The van der Waals surface area contributed by atoms with Crippen LogP contribution in [0.5, 0.6) is 0 Å². The molecular weight excluding hydrogens is 188 g/mol. The lowest BCUT2D eigenvalue weighted by Crippen LogP contribution is -2.30. The summed E-state index contributed by atoms with van der Waals surface area (Å²) in [6, 6.07) is 8.13. The van der Waals surface area contributed by atoms with Crippen LogP contribution in [0.4, 0.5) is 5.69 Å². The van der Waals surface area contributed by atoms with E-state index in [1.54, 1.807) is 4.90 Å². The maximum absolute atomic E-state index is 5.68. The van der Waals surface area contributed by atoms with Crippen molar-refractivity contribution in [3.05, 3.63) is 29.8 Å². The van der Waals surface area contributed by atoms with Crippen molar-refractivity contribution in [2.45, 2.75) is 6.54 Å². The van der Waals surface area contributed by atoms with Gasteiger partial charge in [-0.15, -0.1) is 0 Å². The highest BCUT2D eigenvalue weighted by Gasteiger charge is 1.95. The SMILES string of the molecule is CNc1ccc(CN=C(N)N(C)C)cc1. The average Bonchev–Trinajstić information content (AvgIpc) is 2.26. The van der Waals surface area contributed by atoms with Gasteiger partial charge in [0.05, 0.1) is 6.54 Å². The Labute approximate surface area is 90.8 Å². The fourth-order valence-corrected chi connectivity index (χ4v) is 1.09. The number of nitrogens with one attached hydrogen (secondary N) is 1. The molecule has 0 aliphatic heterocycles. The Balaban J connectivity index is 2.62. The second kappa shape index (κ2) is 5.24. The standard InChI is InChI=1S/C11H18N4/c1-13-10-6-4-9(5-7-10)8-14-11(12)15(2)3/h4-7,13H,8H2,1-3H3,(H2,12,14). The first-order valence-corrected chi connectivity index (χ1v) is 4.87. The van der Waals surface area contributed by atoms with Crippen molar-refractivity contribution in [1.82, 2.24) is 4.90 Å². The van der Waals surface area contributed by atoms with Crippen molar-refractivity contribution in [1.29, 1.82) is 0 Å². The van der Waals surface area contributed by atoms with E-state index in [9.17, 15) is 0 Å². The van der Waals surface area contributed by atoms with E-state index in [-0.39, 0.29) is 0 Å². The van der Waals surface area contributed by atoms with Crippen LogP contribution >= 0.6 is 0 Å². The highest BCUT2D eigenvalue weighted by Crippen LogP contribution is 2.09. The quantitative estimate of drug-likeness (QED) is 0.575. The lowest BCUT2D eigenvalue weighted by atomic mass is 10.2. The van der Waals surface area contributed by atoms with E-state index in [0.29, 0.717) is 12.5 Å². The van der Waals surface area contributed by atoms with Crippen molar-refractivity contribution >= 4 is 11.6 Å². The van der Waals surface area contributed by atoms with E-state index in [4.69, 9.17) is 5.73 Å². The Morgan fingerprint density at radius 1 is 1.33 bits per heavy atom. The number of guanidine groups is 1. The fraction of sp³-hybridized carbons (Fsp3) is 0.364. The molecule has 0 bridgehead atoms. The Morgan fingerprint density at radius 2 is 1.93 bits per heavy atom. The molecule has 3 N–H and O–H groups in total. The van der Waals surface area contributed by atoms with E-state index < -0.39 is 0 Å². The van der Waals surface area contributed by atoms with E-state index >= 15 is 0 Å². The molecule has 0 heterocycles. The first-order chi connectivity index (χ1) is 7.13. The third-order valence-corrected chi connectivity index (χ3v) is 2.12. The lowest BCUT2D eigenvalue weighted by Gasteiger charge is -2.10. The molecule has 0 unspecified atom stereocenters. The van der Waals surface area contributed by atoms with Crippen LogP contribution in [-0.2, 0) is 6.54 Å². The van der Waals surface area contributed by atoms with Gasteiger partial charge in [0, 0.05) is 26.8 Å². The maximum atomic E-state index is 5.68. The van der Waals surface area contributed by atoms with E-state index in [0.717, 1.165) is 11.3 Å². The van der Waals surface area contributed by atoms with Crippen LogP contribution in [0.25, 0.3) is 0 Å². The predicted octanol–water partition coefficient (Wildman–Crippen LogP) is 1.10. The molecule has 1 rings (SSSR count). The highest BCUT2D eigenvalue weighted by molar-refractivity contribution is 5.77. The van der Waals surface area contributed by atoms with Gasteiger partial charge >= 0.3 is 0 Å². The number of hydrogen-bond donors (Lipinski definition) is 2. The zero-order valence-electron chi connectivity index (χ0n) is 9.49. The van der Waals surface area contributed by atoms with Crippen molar-refractivity contribution in [2.24, 2.45) is 10.7 Å². The minimum Gasteiger partial charge on any atom is -0.388 e. The van der Waals surface area contributed by atoms with Gasteiger partial charge in [-0.1, -0.05) is 12.1 Å². The molecule has 0 saturated carbocycles. The smallest absolute Gasteiger partial charge is 0.191 e. The van der Waals surface area contributed by atoms with Gasteiger partial charge in [0.1, 0.15) is 0 Å². The number of aliphatic imine (C=N–C) groups is 1. The van der Waals surface area contributed by atoms with Crippen molar-refractivity contribution in [3.63, 3.8) is 0 Å². The summed E-state index contributed by atoms with van der Waals surface area (Å²) in [7, 11) is 5.66. The first kappa shape index (κ1) is 11.4. The zero-order valence-corrected chi connectivity index (χ0v) is 9.49. The number of nitrogens with two attached hydrogens (primary N) is 1. The molecular formula is C11H18N4. The molecule has 82 valence electrons. The Hall–Kier alpha value is -1.71. The minimum atomic E-state index is 0.549. The van der Waals surface area contributed by atoms with Crippen LogP contribution in [0, 0.1) is 0 Å². The van der Waals surface area contributed by atoms with Gasteiger partial charge < -0.3 is 16.0 Å². The molecule has 0 saturated heterocycles. The van der Waals surface area contributed by atoms with Gasteiger partial charge in [-0.25, -0.2) is 4.99 Å². The molecule has 0 spiro atoms. The molecule has 4 nitrogen and oxygen atoms in total. The van der Waals surface area contributed by atoms with Gasteiger partial charge in [-0.2, -0.15) is 0 Å². The van der Waals surface area contributed by atoms with Gasteiger partial charge in [0.25, 0.3) is 0 Å². The third-order valence-electron chi connectivity index (χ3n) is 2.12. The minimum absolute atomic E-state index is 0.549. The average molecular weight is 206 g/mol. The molecule has 1 aromatic rings. The van der Waals surface area contributed by atoms with Gasteiger partial charge in [0.15, 0.2) is 5.96 Å². The molecule has 0 aliphatic rings. The molecule has 0 aromatic heterocycles. The maximum Gasteiger partial charge on any atom is 0.191 e. The second-order valence-corrected chi connectivity index (χ2v) is 3.52. The van der Waals surface area contributed by atoms with Crippen molar-refractivity contribution in [2.75, 3.05) is 26.5 Å². The summed E-state index contributed by atoms with van der Waals surface area (Å²) in [5, 5.41) is 3.07. The van der Waals surface area contributed by atoms with Crippen LogP contribution in [0.1, 0.15) is 5.56 Å². The summed E-state index contributed by atoms with van der Waals surface area (Å²) >= 11 is 0. The van der Waals surface area contributed by atoms with Crippen molar-refractivity contribution in [3.8, 4) is 0 Å². The number of rotatable bonds is 3. The van der Waals surface area contributed by atoms with Crippen LogP contribution < -0.4 is 11.1 Å². The van der Waals surface area contributed by atoms with E-state index in [1.165, 1.54) is 0 Å². The molecule has 0 aliphatic carbocycles. The lowest BCUT2D eigenvalue weighted by molar-refractivity contribution is 0.609. The molecule has 0 radical (unpaired) electrons. The van der Waals surface area contributed by atoms with E-state index in [2.05, 4.69) is 10.3 Å². The normalized spacial score (nSPS) is 11.3. The summed E-state index contributed by atoms with van der Waals surface area (Å²) in [5.74, 6) is 0.549. The Morgan fingerprint density at radius 3 is 2.40 bits per heavy atom. The number of nitrogens with zero attached hydrogens (tertiary/aromatic N) is 2. The Bertz CT molecular complexity index is 327. The number of hydrogen-bond acceptors (Lipinski definition) is 2. The summed E-state index contributed by atoms with van der Waals surface area (Å²) in [6.07, 6.45) is 0. The predicted molar refractivity (Wildman–Crippen MR) is 65.0 cm³/mol. The molecule has 0 atom stereocenters. The summed E-state index contributed by atoms with van der Waals surface area (Å²) in [4.78, 5) is 6.04. The number of anilines is 1. The van der Waals surface area contributed by atoms with Crippen molar-refractivity contribution < 1.29 is 0 Å². The van der Waals surface area contributed by atoms with Gasteiger partial charge in [0.2, 0.25) is 0 Å². The van der Waals surface area contributed by atoms with Crippen LogP contribution in [-0.4, -0.2) is 32.0 Å². The fourth-order valence-electron chi connectivity index (χ4n) is 1.09. The third kappa shape index (κ3) is 3.50. The van der Waals surface area contributed by atoms with Gasteiger partial charge in [-0.05, 0) is 17.7 Å². The molecule has 0 amide bonds. The number of benzene rings is 1. The highest BCUT2D eigenvalue weighted by atomic mass is 15.2. The monoisotopic (exact) mass is 206 g/mol. The Kier molecular flexibility index (Phi) is 3.97. The topological polar surface area (TPSA) is 53.6 Å². The molecule has 15 heavy (non-hydrogen) atoms. The van der Waals surface area contributed by atoms with Crippen LogP contribution in [0.2, 0.25) is 0 Å². The van der Waals surface area contributed by atoms with Gasteiger partial charge in [-0.3, -0.25) is 0 Å².